The van der Waals surface area contributed by atoms with Crippen molar-refractivity contribution in [3.05, 3.63) is 35.5 Å². The molecule has 10 heteroatoms. The number of carbonyl (C=O) groups is 2. The summed E-state index contributed by atoms with van der Waals surface area (Å²) < 4.78 is 16.2. The molecule has 0 spiro atoms. The normalized spacial score (nSPS) is 45.1. The SMILES string of the molecule is CC1=CC[C@@]23CC[C@@H]([C@@](C)(/C=C/C=C(\C)C(=O)O[C@@H]4O[C@H](CO)[C@@H](O)[C@H](O)[C@H]4O)OC2=O)[C@@]3(O)CC1. The highest BCUT2D eigenvalue weighted by Crippen LogP contribution is 2.63. The van der Waals surface area contributed by atoms with E-state index in [0.717, 1.165) is 5.57 Å². The minimum Gasteiger partial charge on any atom is -0.454 e. The fourth-order valence-electron chi connectivity index (χ4n) is 6.17. The Bertz CT molecular complexity index is 985. The third-order valence-electron chi connectivity index (χ3n) is 8.53. The molecule has 0 unspecified atom stereocenters. The molecule has 2 saturated heterocycles. The number of hydrogen-bond acceptors (Lipinski definition) is 10. The Morgan fingerprint density at radius 3 is 2.64 bits per heavy atom. The first-order valence-corrected chi connectivity index (χ1v) is 12.4. The fourth-order valence-corrected chi connectivity index (χ4v) is 6.17. The van der Waals surface area contributed by atoms with Gasteiger partial charge in [-0.25, -0.2) is 4.79 Å². The minimum atomic E-state index is -1.70. The molecular weight excluding hydrogens is 472 g/mol. The van der Waals surface area contributed by atoms with Gasteiger partial charge >= 0.3 is 11.9 Å². The molecule has 1 saturated carbocycles. The van der Waals surface area contributed by atoms with Gasteiger partial charge in [-0.1, -0.05) is 23.8 Å². The zero-order valence-corrected chi connectivity index (χ0v) is 20.8. The summed E-state index contributed by atoms with van der Waals surface area (Å²) >= 11 is 0. The maximum atomic E-state index is 13.2. The van der Waals surface area contributed by atoms with Gasteiger partial charge < -0.3 is 39.7 Å². The van der Waals surface area contributed by atoms with Gasteiger partial charge in [-0.3, -0.25) is 4.79 Å². The lowest BCUT2D eigenvalue weighted by atomic mass is 9.62. The summed E-state index contributed by atoms with van der Waals surface area (Å²) in [5.41, 5.74) is -1.90. The highest BCUT2D eigenvalue weighted by atomic mass is 16.7. The van der Waals surface area contributed by atoms with Gasteiger partial charge in [0.15, 0.2) is 0 Å². The summed E-state index contributed by atoms with van der Waals surface area (Å²) in [5, 5.41) is 50.9. The van der Waals surface area contributed by atoms with E-state index in [-0.39, 0.29) is 11.5 Å². The zero-order valence-electron chi connectivity index (χ0n) is 20.8. The number of ether oxygens (including phenoxy) is 3. The smallest absolute Gasteiger partial charge is 0.336 e. The van der Waals surface area contributed by atoms with Crippen LogP contribution < -0.4 is 0 Å². The van der Waals surface area contributed by atoms with E-state index in [4.69, 9.17) is 14.2 Å². The lowest BCUT2D eigenvalue weighted by molar-refractivity contribution is -0.291. The lowest BCUT2D eigenvalue weighted by Crippen LogP contribution is -2.63. The number of esters is 2. The second-order valence-corrected chi connectivity index (χ2v) is 10.7. The number of carbonyl (C=O) groups excluding carboxylic acids is 2. The number of cyclic esters (lactones) is 1. The van der Waals surface area contributed by atoms with Gasteiger partial charge in [-0.2, -0.15) is 0 Å². The molecule has 2 aliphatic carbocycles. The number of aliphatic hydroxyl groups excluding tert-OH is 4. The van der Waals surface area contributed by atoms with Crippen molar-refractivity contribution in [2.24, 2.45) is 11.3 Å². The quantitative estimate of drug-likeness (QED) is 0.152. The molecule has 2 heterocycles. The third kappa shape index (κ3) is 4.23. The van der Waals surface area contributed by atoms with Crippen LogP contribution in [0, 0.1) is 11.3 Å². The van der Waals surface area contributed by atoms with Crippen molar-refractivity contribution in [3.8, 4) is 0 Å². The summed E-state index contributed by atoms with van der Waals surface area (Å²) in [4.78, 5) is 25.8. The van der Waals surface area contributed by atoms with Gasteiger partial charge in [-0.05, 0) is 59.0 Å². The van der Waals surface area contributed by atoms with Crippen LogP contribution in [0.3, 0.4) is 0 Å². The summed E-state index contributed by atoms with van der Waals surface area (Å²) in [7, 11) is 0. The Hall–Kier alpha value is -2.08. The van der Waals surface area contributed by atoms with Crippen LogP contribution in [0.4, 0.5) is 0 Å². The van der Waals surface area contributed by atoms with Crippen molar-refractivity contribution < 1.29 is 49.3 Å². The predicted molar refractivity (Wildman–Crippen MR) is 125 cm³/mol. The van der Waals surface area contributed by atoms with Crippen LogP contribution in [0.25, 0.3) is 0 Å². The summed E-state index contributed by atoms with van der Waals surface area (Å²) in [6, 6.07) is 0. The summed E-state index contributed by atoms with van der Waals surface area (Å²) in [6.07, 6.45) is 1.88. The second-order valence-electron chi connectivity index (χ2n) is 10.7. The number of allylic oxidation sites excluding steroid dienone is 4. The van der Waals surface area contributed by atoms with Crippen molar-refractivity contribution in [2.45, 2.75) is 94.8 Å². The van der Waals surface area contributed by atoms with Crippen LogP contribution in [0.5, 0.6) is 0 Å². The molecule has 0 aromatic carbocycles. The van der Waals surface area contributed by atoms with Crippen LogP contribution in [-0.4, -0.2) is 86.0 Å². The van der Waals surface area contributed by atoms with Crippen LogP contribution in [0.1, 0.15) is 52.9 Å². The van der Waals surface area contributed by atoms with Crippen molar-refractivity contribution in [3.63, 3.8) is 0 Å². The molecule has 200 valence electrons. The van der Waals surface area contributed by atoms with Gasteiger partial charge in [0.25, 0.3) is 0 Å². The molecule has 0 radical (unpaired) electrons. The van der Waals surface area contributed by atoms with Crippen molar-refractivity contribution in [1.82, 2.24) is 0 Å². The lowest BCUT2D eigenvalue weighted by Gasteiger charge is -2.52. The first kappa shape index (κ1) is 27.0. The number of aliphatic hydroxyl groups is 5. The molecule has 0 aromatic rings. The Labute approximate surface area is 209 Å². The Morgan fingerprint density at radius 1 is 1.22 bits per heavy atom. The largest absolute Gasteiger partial charge is 0.454 e. The minimum absolute atomic E-state index is 0.128. The highest BCUT2D eigenvalue weighted by molar-refractivity contribution is 5.88. The molecule has 36 heavy (non-hydrogen) atoms. The third-order valence-corrected chi connectivity index (χ3v) is 8.53. The van der Waals surface area contributed by atoms with Gasteiger partial charge in [0.1, 0.15) is 35.4 Å². The fraction of sp³-hybridized carbons (Fsp3) is 0.692. The molecule has 5 N–H and O–H groups in total. The molecule has 0 amide bonds. The van der Waals surface area contributed by atoms with Crippen LogP contribution >= 0.6 is 0 Å². The average Bonchev–Trinajstić information content (AvgIpc) is 2.99. The summed E-state index contributed by atoms with van der Waals surface area (Å²) in [5.74, 6) is -1.55. The second kappa shape index (κ2) is 9.66. The van der Waals surface area contributed by atoms with Crippen molar-refractivity contribution >= 4 is 11.9 Å². The first-order chi connectivity index (χ1) is 16.9. The maximum Gasteiger partial charge on any atom is 0.336 e. The topological polar surface area (TPSA) is 163 Å². The van der Waals surface area contributed by atoms with Crippen molar-refractivity contribution in [2.75, 3.05) is 6.61 Å². The van der Waals surface area contributed by atoms with Gasteiger partial charge in [0, 0.05) is 11.5 Å². The Morgan fingerprint density at radius 2 is 1.94 bits per heavy atom. The van der Waals surface area contributed by atoms with Crippen molar-refractivity contribution in [1.29, 1.82) is 0 Å². The summed E-state index contributed by atoms with van der Waals surface area (Å²) in [6.45, 7) is 4.60. The number of rotatable bonds is 5. The molecule has 4 aliphatic rings. The molecule has 4 rings (SSSR count). The van der Waals surface area contributed by atoms with Gasteiger partial charge in [0.05, 0.1) is 12.2 Å². The Kier molecular flexibility index (Phi) is 7.24. The average molecular weight is 509 g/mol. The van der Waals surface area contributed by atoms with E-state index >= 15 is 0 Å². The molecular formula is C26H36O10. The van der Waals surface area contributed by atoms with Gasteiger partial charge in [-0.15, -0.1) is 0 Å². The van der Waals surface area contributed by atoms with E-state index in [9.17, 15) is 35.1 Å². The maximum absolute atomic E-state index is 13.2. The first-order valence-electron chi connectivity index (χ1n) is 12.4. The zero-order chi connectivity index (χ0) is 26.5. The predicted octanol–water partition coefficient (Wildman–Crippen LogP) is 0.405. The van der Waals surface area contributed by atoms with Gasteiger partial charge in [0.2, 0.25) is 6.29 Å². The molecule has 0 aromatic heterocycles. The number of hydrogen-bond donors (Lipinski definition) is 5. The molecule has 3 fully saturated rings. The molecule has 2 aliphatic heterocycles. The highest BCUT2D eigenvalue weighted by Gasteiger charge is 2.71. The van der Waals surface area contributed by atoms with Crippen LogP contribution in [-0.2, 0) is 23.8 Å². The standard InChI is InChI=1S/C26H36O10/c1-14-6-10-25-11-8-17(26(25,33)12-7-14)24(3,36-23(25)32)9-4-5-15(2)21(31)35-22-20(30)19(29)18(28)16(13-27)34-22/h4-6,9,16-20,22,27-30,33H,7-8,10-13H2,1-3H3/b9-4+,15-5+/t16-,17+,18-,19+,20-,22+,24-,25-,26+/m1/s1. The van der Waals surface area contributed by atoms with E-state index in [0.29, 0.717) is 32.1 Å². The monoisotopic (exact) mass is 508 g/mol. The van der Waals surface area contributed by atoms with Crippen LogP contribution in [0.15, 0.2) is 35.5 Å². The van der Waals surface area contributed by atoms with Crippen LogP contribution in [0.2, 0.25) is 0 Å². The molecule has 9 atom stereocenters. The van der Waals surface area contributed by atoms with E-state index in [1.165, 1.54) is 13.0 Å². The van der Waals surface area contributed by atoms with E-state index in [2.05, 4.69) is 0 Å². The van der Waals surface area contributed by atoms with E-state index in [1.54, 1.807) is 19.1 Å². The van der Waals surface area contributed by atoms with E-state index < -0.39 is 65.9 Å². The Balaban J connectivity index is 1.47. The van der Waals surface area contributed by atoms with E-state index in [1.807, 2.05) is 13.0 Å². The molecule has 2 bridgehead atoms. The molecule has 10 nitrogen and oxygen atoms in total.